The highest BCUT2D eigenvalue weighted by Gasteiger charge is 2.25. The summed E-state index contributed by atoms with van der Waals surface area (Å²) in [7, 11) is 0. The number of anilines is 1. The number of benzene rings is 1. The van der Waals surface area contributed by atoms with Gasteiger partial charge in [0.2, 0.25) is 0 Å². The minimum absolute atomic E-state index is 0.507. The first-order chi connectivity index (χ1) is 5.29. The van der Waals surface area contributed by atoms with Crippen molar-refractivity contribution in [2.24, 2.45) is 0 Å². The third-order valence-electron chi connectivity index (χ3n) is 1.92. The molecule has 0 amide bonds. The summed E-state index contributed by atoms with van der Waals surface area (Å²) in [5.41, 5.74) is 1.70. The Morgan fingerprint density at radius 1 is 1.36 bits per heavy atom. The van der Waals surface area contributed by atoms with Gasteiger partial charge in [-0.15, -0.1) is 0 Å². The molecule has 2 rings (SSSR count). The van der Waals surface area contributed by atoms with E-state index in [0.29, 0.717) is 12.1 Å². The predicted octanol–water partition coefficient (Wildman–Crippen LogP) is 0.757. The highest BCUT2D eigenvalue weighted by atomic mass is 16.5. The number of aliphatic hydroxyl groups is 1. The average Bonchev–Trinajstić information content (AvgIpc) is 2.30. The molecule has 3 heteroatoms. The summed E-state index contributed by atoms with van der Waals surface area (Å²) in [6.07, 6.45) is -0.264. The zero-order valence-corrected chi connectivity index (χ0v) is 5.94. The first kappa shape index (κ1) is 6.64. The Balaban J connectivity index is 2.47. The van der Waals surface area contributed by atoms with Crippen LogP contribution in [0.3, 0.4) is 0 Å². The van der Waals surface area contributed by atoms with Crippen LogP contribution in [0, 0.1) is 0 Å². The van der Waals surface area contributed by atoms with Gasteiger partial charge in [-0.2, -0.15) is 0 Å². The number of nitrogens with zero attached hydrogens (tertiary/aromatic N) is 1. The van der Waals surface area contributed by atoms with Gasteiger partial charge in [-0.1, -0.05) is 18.2 Å². The molecule has 0 bridgehead atoms. The quantitative estimate of drug-likeness (QED) is 0.575. The van der Waals surface area contributed by atoms with Gasteiger partial charge in [0.15, 0.2) is 6.23 Å². The molecule has 1 aliphatic rings. The molecule has 1 atom stereocenters. The first-order valence-electron chi connectivity index (χ1n) is 3.53. The van der Waals surface area contributed by atoms with Crippen LogP contribution in [0.4, 0.5) is 5.69 Å². The van der Waals surface area contributed by atoms with Gasteiger partial charge in [-0.05, 0) is 11.6 Å². The van der Waals surface area contributed by atoms with Crippen LogP contribution in [0.2, 0.25) is 0 Å². The molecule has 0 radical (unpaired) electrons. The molecule has 0 aliphatic carbocycles. The van der Waals surface area contributed by atoms with E-state index in [9.17, 15) is 10.3 Å². The lowest BCUT2D eigenvalue weighted by Crippen LogP contribution is -2.27. The fourth-order valence-electron chi connectivity index (χ4n) is 1.35. The zero-order chi connectivity index (χ0) is 7.84. The maximum atomic E-state index is 9.23. The van der Waals surface area contributed by atoms with E-state index in [-0.39, 0.29) is 0 Å². The van der Waals surface area contributed by atoms with Crippen molar-refractivity contribution in [3.63, 3.8) is 0 Å². The molecule has 0 spiro atoms. The second-order valence-corrected chi connectivity index (χ2v) is 2.66. The van der Waals surface area contributed by atoms with Crippen LogP contribution in [-0.4, -0.2) is 16.5 Å². The van der Waals surface area contributed by atoms with Crippen molar-refractivity contribution in [2.75, 3.05) is 5.06 Å². The fraction of sp³-hybridized carbons (Fsp3) is 0.250. The zero-order valence-electron chi connectivity index (χ0n) is 5.94. The van der Waals surface area contributed by atoms with Crippen molar-refractivity contribution in [1.29, 1.82) is 0 Å². The Morgan fingerprint density at radius 3 is 2.82 bits per heavy atom. The van der Waals surface area contributed by atoms with Crippen LogP contribution in [0.1, 0.15) is 5.56 Å². The number of para-hydroxylation sites is 1. The van der Waals surface area contributed by atoms with E-state index in [4.69, 9.17) is 0 Å². The third kappa shape index (κ3) is 0.895. The van der Waals surface area contributed by atoms with Gasteiger partial charge in [0, 0.05) is 6.42 Å². The Labute approximate surface area is 64.5 Å². The molecule has 0 aromatic heterocycles. The van der Waals surface area contributed by atoms with E-state index in [2.05, 4.69) is 0 Å². The molecular weight excluding hydrogens is 142 g/mol. The molecule has 0 fully saturated rings. The van der Waals surface area contributed by atoms with Crippen LogP contribution < -0.4 is 5.06 Å². The smallest absolute Gasteiger partial charge is 0.155 e. The molecule has 2 N–H and O–H groups in total. The average molecular weight is 151 g/mol. The Morgan fingerprint density at radius 2 is 2.09 bits per heavy atom. The summed E-state index contributed by atoms with van der Waals surface area (Å²) in [5.74, 6) is 0. The largest absolute Gasteiger partial charge is 0.371 e. The van der Waals surface area contributed by atoms with Crippen LogP contribution >= 0.6 is 0 Å². The first-order valence-corrected chi connectivity index (χ1v) is 3.53. The van der Waals surface area contributed by atoms with E-state index in [1.165, 1.54) is 0 Å². The molecule has 0 saturated heterocycles. The number of fused-ring (bicyclic) bond motifs is 1. The van der Waals surface area contributed by atoms with Gasteiger partial charge in [0.05, 0.1) is 5.69 Å². The molecule has 58 valence electrons. The van der Waals surface area contributed by atoms with E-state index < -0.39 is 6.23 Å². The highest BCUT2D eigenvalue weighted by molar-refractivity contribution is 5.55. The van der Waals surface area contributed by atoms with Crippen LogP contribution in [0.25, 0.3) is 0 Å². The number of rotatable bonds is 0. The number of hydrogen-bond donors (Lipinski definition) is 2. The van der Waals surface area contributed by atoms with Gasteiger partial charge in [0.1, 0.15) is 0 Å². The summed E-state index contributed by atoms with van der Waals surface area (Å²) in [5, 5.41) is 19.3. The second-order valence-electron chi connectivity index (χ2n) is 2.66. The van der Waals surface area contributed by atoms with Gasteiger partial charge in [0.25, 0.3) is 0 Å². The molecule has 1 aliphatic heterocycles. The molecule has 0 saturated carbocycles. The molecule has 1 heterocycles. The maximum absolute atomic E-state index is 9.23. The van der Waals surface area contributed by atoms with Crippen molar-refractivity contribution < 1.29 is 10.3 Å². The van der Waals surface area contributed by atoms with Crippen molar-refractivity contribution in [3.05, 3.63) is 29.8 Å². The molecule has 1 aromatic rings. The summed E-state index contributed by atoms with van der Waals surface area (Å²) in [6.45, 7) is 0. The van der Waals surface area contributed by atoms with E-state index in [1.54, 1.807) is 6.07 Å². The predicted molar refractivity (Wildman–Crippen MR) is 40.4 cm³/mol. The van der Waals surface area contributed by atoms with E-state index in [0.717, 1.165) is 10.6 Å². The van der Waals surface area contributed by atoms with Crippen molar-refractivity contribution in [1.82, 2.24) is 0 Å². The molecule has 11 heavy (non-hydrogen) atoms. The van der Waals surface area contributed by atoms with Gasteiger partial charge >= 0.3 is 0 Å². The lowest BCUT2D eigenvalue weighted by atomic mass is 10.2. The summed E-state index contributed by atoms with van der Waals surface area (Å²) in [6, 6.07) is 7.41. The Bertz CT molecular complexity index is 275. The lowest BCUT2D eigenvalue weighted by molar-refractivity contribution is 0.0779. The number of hydroxylamine groups is 1. The van der Waals surface area contributed by atoms with Crippen molar-refractivity contribution >= 4 is 5.69 Å². The minimum atomic E-state index is -0.771. The Kier molecular flexibility index (Phi) is 1.34. The number of aliphatic hydroxyl groups excluding tert-OH is 1. The van der Waals surface area contributed by atoms with Gasteiger partial charge in [-0.25, -0.2) is 5.06 Å². The SMILES string of the molecule is OC1Cc2ccccc2N1O. The highest BCUT2D eigenvalue weighted by Crippen LogP contribution is 2.28. The molecular formula is C8H9NO2. The normalized spacial score (nSPS) is 22.0. The standard InChI is InChI=1S/C8H9NO2/c10-8-5-6-3-1-2-4-7(6)9(8)11/h1-4,8,10-11H,5H2. The van der Waals surface area contributed by atoms with Crippen molar-refractivity contribution in [3.8, 4) is 0 Å². The fourth-order valence-corrected chi connectivity index (χ4v) is 1.35. The van der Waals surface area contributed by atoms with Crippen molar-refractivity contribution in [2.45, 2.75) is 12.6 Å². The lowest BCUT2D eigenvalue weighted by Gasteiger charge is -2.13. The maximum Gasteiger partial charge on any atom is 0.155 e. The minimum Gasteiger partial charge on any atom is -0.371 e. The van der Waals surface area contributed by atoms with E-state index >= 15 is 0 Å². The molecule has 1 aromatic carbocycles. The van der Waals surface area contributed by atoms with Crippen LogP contribution in [-0.2, 0) is 6.42 Å². The summed E-state index contributed by atoms with van der Waals surface area (Å²) in [4.78, 5) is 0. The summed E-state index contributed by atoms with van der Waals surface area (Å²) < 4.78 is 0. The van der Waals surface area contributed by atoms with Crippen LogP contribution in [0.5, 0.6) is 0 Å². The second kappa shape index (κ2) is 2.22. The topological polar surface area (TPSA) is 43.7 Å². The van der Waals surface area contributed by atoms with Gasteiger partial charge < -0.3 is 5.11 Å². The monoisotopic (exact) mass is 151 g/mol. The third-order valence-corrected chi connectivity index (χ3v) is 1.92. The van der Waals surface area contributed by atoms with E-state index in [1.807, 2.05) is 18.2 Å². The van der Waals surface area contributed by atoms with Gasteiger partial charge in [-0.3, -0.25) is 5.21 Å². The molecule has 3 nitrogen and oxygen atoms in total. The molecule has 1 unspecified atom stereocenters. The van der Waals surface area contributed by atoms with Crippen LogP contribution in [0.15, 0.2) is 24.3 Å². The Hall–Kier alpha value is -1.06. The summed E-state index contributed by atoms with van der Waals surface area (Å²) >= 11 is 0. The number of hydrogen-bond acceptors (Lipinski definition) is 3.